The van der Waals surface area contributed by atoms with Crippen LogP contribution >= 0.6 is 0 Å². The van der Waals surface area contributed by atoms with Crippen LogP contribution in [0.5, 0.6) is 5.75 Å². The van der Waals surface area contributed by atoms with Gasteiger partial charge in [-0.05, 0) is 18.2 Å². The highest BCUT2D eigenvalue weighted by Crippen LogP contribution is 2.35. The zero-order chi connectivity index (χ0) is 11.6. The monoisotopic (exact) mass is 227 g/mol. The first-order valence-electron chi connectivity index (χ1n) is 3.72. The van der Waals surface area contributed by atoms with Gasteiger partial charge in [0.05, 0.1) is 5.56 Å². The number of benzene rings is 1. The first-order valence-corrected chi connectivity index (χ1v) is 3.72. The minimum atomic E-state index is -4.69. The van der Waals surface area contributed by atoms with E-state index in [1.165, 1.54) is 0 Å². The third-order valence-corrected chi connectivity index (χ3v) is 1.56. The Balaban J connectivity index is 3.06. The van der Waals surface area contributed by atoms with Crippen molar-refractivity contribution in [3.63, 3.8) is 0 Å². The van der Waals surface area contributed by atoms with Gasteiger partial charge >= 0.3 is 12.8 Å². The molecule has 0 aliphatic carbocycles. The quantitative estimate of drug-likeness (QED) is 0.622. The van der Waals surface area contributed by atoms with Crippen molar-refractivity contribution in [3.8, 4) is 5.75 Å². The van der Waals surface area contributed by atoms with Crippen LogP contribution in [0.1, 0.15) is 5.56 Å². The van der Waals surface area contributed by atoms with E-state index in [2.05, 4.69) is 4.74 Å². The van der Waals surface area contributed by atoms with Gasteiger partial charge in [0.15, 0.2) is 0 Å². The summed E-state index contributed by atoms with van der Waals surface area (Å²) in [5.74, 6) is -0.577. The molecule has 0 saturated heterocycles. The Morgan fingerprint density at radius 3 is 2.27 bits per heavy atom. The van der Waals surface area contributed by atoms with Gasteiger partial charge in [-0.3, -0.25) is 0 Å². The number of halogens is 5. The van der Waals surface area contributed by atoms with E-state index in [4.69, 9.17) is 5.73 Å². The van der Waals surface area contributed by atoms with Gasteiger partial charge in [-0.25, -0.2) is 0 Å². The van der Waals surface area contributed by atoms with Crippen LogP contribution in [0.25, 0.3) is 0 Å². The predicted octanol–water partition coefficient (Wildman–Crippen LogP) is 2.89. The highest BCUT2D eigenvalue weighted by Gasteiger charge is 2.33. The van der Waals surface area contributed by atoms with Gasteiger partial charge in [0.2, 0.25) is 0 Å². The zero-order valence-corrected chi connectivity index (χ0v) is 7.18. The summed E-state index contributed by atoms with van der Waals surface area (Å²) in [7, 11) is 0. The number of nitrogens with two attached hydrogens (primary N) is 1. The molecule has 0 aromatic heterocycles. The lowest BCUT2D eigenvalue weighted by Crippen LogP contribution is -2.10. The van der Waals surface area contributed by atoms with Crippen molar-refractivity contribution in [1.29, 1.82) is 0 Å². The molecule has 0 saturated carbocycles. The minimum Gasteiger partial charge on any atom is -0.435 e. The molecule has 15 heavy (non-hydrogen) atoms. The van der Waals surface area contributed by atoms with Crippen molar-refractivity contribution < 1.29 is 26.7 Å². The van der Waals surface area contributed by atoms with Crippen molar-refractivity contribution in [3.05, 3.63) is 23.8 Å². The molecule has 0 spiro atoms. The molecule has 0 heterocycles. The number of nitrogen functional groups attached to an aromatic ring is 1. The molecule has 1 aromatic carbocycles. The standard InChI is InChI=1S/C8H6F5NO/c9-7(10)15-4-1-2-6(14)5(3-4)8(11,12)13/h1-3,7H,14H2. The maximum Gasteiger partial charge on any atom is 0.418 e. The van der Waals surface area contributed by atoms with Crippen molar-refractivity contribution in [2.45, 2.75) is 12.8 Å². The molecule has 2 N–H and O–H groups in total. The van der Waals surface area contributed by atoms with Crippen LogP contribution in [-0.4, -0.2) is 6.61 Å². The molecule has 7 heteroatoms. The van der Waals surface area contributed by atoms with Crippen LogP contribution in [0.3, 0.4) is 0 Å². The molecular weight excluding hydrogens is 221 g/mol. The Labute approximate surface area is 81.4 Å². The molecule has 0 aliphatic rings. The Bertz CT molecular complexity index is 349. The maximum absolute atomic E-state index is 12.2. The fourth-order valence-corrected chi connectivity index (χ4v) is 0.957. The largest absolute Gasteiger partial charge is 0.435 e. The van der Waals surface area contributed by atoms with Crippen LogP contribution in [-0.2, 0) is 6.18 Å². The molecule has 0 amide bonds. The first kappa shape index (κ1) is 11.5. The van der Waals surface area contributed by atoms with E-state index < -0.39 is 29.8 Å². The summed E-state index contributed by atoms with van der Waals surface area (Å²) in [5, 5.41) is 0. The van der Waals surface area contributed by atoms with Gasteiger partial charge in [-0.2, -0.15) is 22.0 Å². The van der Waals surface area contributed by atoms with E-state index in [0.29, 0.717) is 6.07 Å². The van der Waals surface area contributed by atoms with Gasteiger partial charge in [-0.1, -0.05) is 0 Å². The molecule has 0 bridgehead atoms. The second-order valence-electron chi connectivity index (χ2n) is 2.63. The van der Waals surface area contributed by atoms with Gasteiger partial charge in [0.25, 0.3) is 0 Å². The number of anilines is 1. The van der Waals surface area contributed by atoms with Crippen molar-refractivity contribution in [1.82, 2.24) is 0 Å². The lowest BCUT2D eigenvalue weighted by molar-refractivity contribution is -0.137. The Morgan fingerprint density at radius 2 is 1.80 bits per heavy atom. The second kappa shape index (κ2) is 3.92. The molecule has 84 valence electrons. The van der Waals surface area contributed by atoms with Crippen molar-refractivity contribution >= 4 is 5.69 Å². The van der Waals surface area contributed by atoms with Crippen LogP contribution in [0.2, 0.25) is 0 Å². The summed E-state index contributed by atoms with van der Waals surface area (Å²) >= 11 is 0. The van der Waals surface area contributed by atoms with Gasteiger partial charge in [0, 0.05) is 5.69 Å². The summed E-state index contributed by atoms with van der Waals surface area (Å²) in [6.07, 6.45) is -4.69. The molecule has 0 atom stereocenters. The molecule has 0 radical (unpaired) electrons. The van der Waals surface area contributed by atoms with E-state index in [1.54, 1.807) is 0 Å². The third-order valence-electron chi connectivity index (χ3n) is 1.56. The molecule has 1 rings (SSSR count). The average Bonchev–Trinajstić information content (AvgIpc) is 2.05. The number of hydrogen-bond donors (Lipinski definition) is 1. The normalized spacial score (nSPS) is 11.9. The smallest absolute Gasteiger partial charge is 0.418 e. The molecule has 0 unspecified atom stereocenters. The van der Waals surface area contributed by atoms with E-state index in [0.717, 1.165) is 12.1 Å². The zero-order valence-electron chi connectivity index (χ0n) is 7.18. The highest BCUT2D eigenvalue weighted by molar-refractivity contribution is 5.51. The van der Waals surface area contributed by atoms with Crippen LogP contribution in [0.4, 0.5) is 27.6 Å². The van der Waals surface area contributed by atoms with Gasteiger partial charge in [-0.15, -0.1) is 0 Å². The van der Waals surface area contributed by atoms with E-state index in [-0.39, 0.29) is 0 Å². The average molecular weight is 227 g/mol. The first-order chi connectivity index (χ1) is 6.80. The number of ether oxygens (including phenoxy) is 1. The Hall–Kier alpha value is -1.53. The SMILES string of the molecule is Nc1ccc(OC(F)F)cc1C(F)(F)F. The topological polar surface area (TPSA) is 35.2 Å². The molecular formula is C8H6F5NO. The van der Waals surface area contributed by atoms with Crippen LogP contribution in [0, 0.1) is 0 Å². The van der Waals surface area contributed by atoms with Crippen LogP contribution in [0.15, 0.2) is 18.2 Å². The van der Waals surface area contributed by atoms with Crippen LogP contribution < -0.4 is 10.5 Å². The fourth-order valence-electron chi connectivity index (χ4n) is 0.957. The maximum atomic E-state index is 12.2. The Kier molecular flexibility index (Phi) is 3.01. The summed E-state index contributed by atoms with van der Waals surface area (Å²) in [6, 6.07) is 2.23. The molecule has 1 aromatic rings. The van der Waals surface area contributed by atoms with Crippen molar-refractivity contribution in [2.24, 2.45) is 0 Å². The molecule has 0 fully saturated rings. The Morgan fingerprint density at radius 1 is 1.20 bits per heavy atom. The highest BCUT2D eigenvalue weighted by atomic mass is 19.4. The molecule has 0 aliphatic heterocycles. The fraction of sp³-hybridized carbons (Fsp3) is 0.250. The summed E-state index contributed by atoms with van der Waals surface area (Å²) in [6.45, 7) is -3.17. The summed E-state index contributed by atoms with van der Waals surface area (Å²) < 4.78 is 64.0. The van der Waals surface area contributed by atoms with Crippen molar-refractivity contribution in [2.75, 3.05) is 5.73 Å². The van der Waals surface area contributed by atoms with E-state index in [1.807, 2.05) is 0 Å². The summed E-state index contributed by atoms with van der Waals surface area (Å²) in [5.41, 5.74) is 3.31. The van der Waals surface area contributed by atoms with E-state index in [9.17, 15) is 22.0 Å². The van der Waals surface area contributed by atoms with Gasteiger partial charge in [0.1, 0.15) is 5.75 Å². The number of alkyl halides is 5. The van der Waals surface area contributed by atoms with E-state index >= 15 is 0 Å². The lowest BCUT2D eigenvalue weighted by Gasteiger charge is -2.11. The second-order valence-corrected chi connectivity index (χ2v) is 2.63. The molecule has 2 nitrogen and oxygen atoms in total. The lowest BCUT2D eigenvalue weighted by atomic mass is 10.1. The van der Waals surface area contributed by atoms with Gasteiger partial charge < -0.3 is 10.5 Å². The third kappa shape index (κ3) is 2.97. The number of rotatable bonds is 2. The predicted molar refractivity (Wildman–Crippen MR) is 42.5 cm³/mol. The number of hydrogen-bond acceptors (Lipinski definition) is 2. The minimum absolute atomic E-state index is 0.432. The summed E-state index contributed by atoms with van der Waals surface area (Å²) in [4.78, 5) is 0.